The first-order valence-corrected chi connectivity index (χ1v) is 7.77. The zero-order valence-corrected chi connectivity index (χ0v) is 13.1. The third-order valence-electron chi connectivity index (χ3n) is 3.83. The van der Waals surface area contributed by atoms with Crippen LogP contribution in [0.3, 0.4) is 0 Å². The standard InChI is InChI=1S/C14H16ClN3O2S/c15-10-1-2-11-12(9-10)16-14(21)18(13(11)19)4-3-17-5-7-20-8-6-17/h1-2,9H,3-8H2,(H,16,21)/p+1. The normalized spacial score (nSPS) is 16.4. The van der Waals surface area contributed by atoms with Crippen LogP contribution in [0.25, 0.3) is 10.9 Å². The lowest BCUT2D eigenvalue weighted by atomic mass is 10.2. The number of hydrogen-bond donors (Lipinski definition) is 2. The van der Waals surface area contributed by atoms with E-state index in [1.54, 1.807) is 22.8 Å². The lowest BCUT2D eigenvalue weighted by molar-refractivity contribution is -0.908. The van der Waals surface area contributed by atoms with Gasteiger partial charge in [0.1, 0.15) is 13.1 Å². The molecule has 0 spiro atoms. The Morgan fingerprint density at radius 2 is 2.14 bits per heavy atom. The maximum absolute atomic E-state index is 12.5. The summed E-state index contributed by atoms with van der Waals surface area (Å²) in [5.74, 6) is 0. The Labute approximate surface area is 132 Å². The summed E-state index contributed by atoms with van der Waals surface area (Å²) in [6.07, 6.45) is 0. The largest absolute Gasteiger partial charge is 0.370 e. The molecule has 7 heteroatoms. The Bertz CT molecular complexity index is 765. The van der Waals surface area contributed by atoms with Gasteiger partial charge in [-0.15, -0.1) is 0 Å². The zero-order valence-electron chi connectivity index (χ0n) is 11.5. The average Bonchev–Trinajstić information content (AvgIpc) is 2.47. The fourth-order valence-corrected chi connectivity index (χ4v) is 3.07. The van der Waals surface area contributed by atoms with Gasteiger partial charge in [-0.05, 0) is 30.4 Å². The molecule has 1 aromatic heterocycles. The predicted molar refractivity (Wildman–Crippen MR) is 84.8 cm³/mol. The first kappa shape index (κ1) is 14.7. The molecule has 1 aliphatic heterocycles. The molecule has 21 heavy (non-hydrogen) atoms. The molecular weight excluding hydrogens is 310 g/mol. The highest BCUT2D eigenvalue weighted by Crippen LogP contribution is 2.14. The molecule has 1 aromatic carbocycles. The van der Waals surface area contributed by atoms with Crippen molar-refractivity contribution < 1.29 is 9.64 Å². The van der Waals surface area contributed by atoms with E-state index in [0.717, 1.165) is 32.8 Å². The Morgan fingerprint density at radius 3 is 2.90 bits per heavy atom. The second kappa shape index (κ2) is 6.27. The van der Waals surface area contributed by atoms with Crippen molar-refractivity contribution >= 4 is 34.7 Å². The number of nitrogens with zero attached hydrogens (tertiary/aromatic N) is 1. The van der Waals surface area contributed by atoms with Gasteiger partial charge in [-0.2, -0.15) is 0 Å². The van der Waals surface area contributed by atoms with E-state index < -0.39 is 0 Å². The summed E-state index contributed by atoms with van der Waals surface area (Å²) in [4.78, 5) is 17.1. The van der Waals surface area contributed by atoms with Crippen LogP contribution >= 0.6 is 23.8 Å². The summed E-state index contributed by atoms with van der Waals surface area (Å²) in [5.41, 5.74) is 0.630. The summed E-state index contributed by atoms with van der Waals surface area (Å²) in [6.45, 7) is 5.02. The SMILES string of the molecule is O=c1c2ccc(Cl)cc2[nH]c(=S)n1CC[NH+]1CCOCC1. The number of aromatic amines is 1. The number of halogens is 1. The van der Waals surface area contributed by atoms with E-state index in [0.29, 0.717) is 27.2 Å². The maximum atomic E-state index is 12.5. The number of hydrogen-bond acceptors (Lipinski definition) is 3. The number of aromatic nitrogens is 2. The molecule has 112 valence electrons. The molecule has 5 nitrogen and oxygen atoms in total. The van der Waals surface area contributed by atoms with E-state index in [2.05, 4.69) is 4.98 Å². The fourth-order valence-electron chi connectivity index (χ4n) is 2.61. The minimum absolute atomic E-state index is 0.0573. The van der Waals surface area contributed by atoms with Crippen molar-refractivity contribution in [3.8, 4) is 0 Å². The minimum atomic E-state index is -0.0573. The van der Waals surface area contributed by atoms with Crippen molar-refractivity contribution in [2.75, 3.05) is 32.8 Å². The number of morpholine rings is 1. The van der Waals surface area contributed by atoms with Crippen LogP contribution < -0.4 is 10.5 Å². The number of fused-ring (bicyclic) bond motifs is 1. The molecule has 0 unspecified atom stereocenters. The number of benzene rings is 1. The molecule has 0 bridgehead atoms. The van der Waals surface area contributed by atoms with Crippen molar-refractivity contribution in [2.24, 2.45) is 0 Å². The fraction of sp³-hybridized carbons (Fsp3) is 0.429. The van der Waals surface area contributed by atoms with Gasteiger partial charge in [0.2, 0.25) is 0 Å². The topological polar surface area (TPSA) is 51.5 Å². The number of ether oxygens (including phenoxy) is 1. The van der Waals surface area contributed by atoms with Gasteiger partial charge in [0.05, 0.1) is 37.2 Å². The van der Waals surface area contributed by atoms with Gasteiger partial charge in [0, 0.05) is 5.02 Å². The van der Waals surface area contributed by atoms with Crippen LogP contribution in [0.5, 0.6) is 0 Å². The van der Waals surface area contributed by atoms with Crippen LogP contribution in [0, 0.1) is 4.77 Å². The van der Waals surface area contributed by atoms with Crippen LogP contribution in [0.15, 0.2) is 23.0 Å². The molecule has 2 N–H and O–H groups in total. The Kier molecular flexibility index (Phi) is 4.40. The zero-order chi connectivity index (χ0) is 14.8. The Morgan fingerprint density at radius 1 is 1.38 bits per heavy atom. The number of quaternary nitrogens is 1. The van der Waals surface area contributed by atoms with Gasteiger partial charge in [-0.3, -0.25) is 9.36 Å². The van der Waals surface area contributed by atoms with Gasteiger partial charge >= 0.3 is 0 Å². The van der Waals surface area contributed by atoms with Gasteiger partial charge < -0.3 is 14.6 Å². The summed E-state index contributed by atoms with van der Waals surface area (Å²) in [6, 6.07) is 5.19. The van der Waals surface area contributed by atoms with Gasteiger partial charge in [-0.25, -0.2) is 0 Å². The van der Waals surface area contributed by atoms with Gasteiger partial charge in [0.25, 0.3) is 5.56 Å². The predicted octanol–water partition coefficient (Wildman–Crippen LogP) is 0.628. The molecule has 0 aliphatic carbocycles. The Hall–Kier alpha value is -1.21. The monoisotopic (exact) mass is 326 g/mol. The molecule has 0 saturated carbocycles. The van der Waals surface area contributed by atoms with E-state index in [1.807, 2.05) is 0 Å². The highest BCUT2D eigenvalue weighted by atomic mass is 35.5. The summed E-state index contributed by atoms with van der Waals surface area (Å²) >= 11 is 11.3. The number of H-pyrrole nitrogens is 1. The van der Waals surface area contributed by atoms with E-state index in [1.165, 1.54) is 4.90 Å². The third-order valence-corrected chi connectivity index (χ3v) is 4.39. The van der Waals surface area contributed by atoms with Gasteiger partial charge in [0.15, 0.2) is 4.77 Å². The van der Waals surface area contributed by atoms with Crippen molar-refractivity contribution in [2.45, 2.75) is 6.54 Å². The highest BCUT2D eigenvalue weighted by molar-refractivity contribution is 7.71. The first-order chi connectivity index (χ1) is 10.1. The van der Waals surface area contributed by atoms with E-state index in [-0.39, 0.29) is 5.56 Å². The average molecular weight is 327 g/mol. The highest BCUT2D eigenvalue weighted by Gasteiger charge is 2.14. The molecule has 0 radical (unpaired) electrons. The molecular formula is C14H17ClN3O2S+. The first-order valence-electron chi connectivity index (χ1n) is 6.99. The number of rotatable bonds is 3. The minimum Gasteiger partial charge on any atom is -0.370 e. The van der Waals surface area contributed by atoms with Crippen LogP contribution in [0.1, 0.15) is 0 Å². The van der Waals surface area contributed by atoms with Crippen molar-refractivity contribution in [3.05, 3.63) is 38.3 Å². The second-order valence-corrected chi connectivity index (χ2v) is 6.01. The van der Waals surface area contributed by atoms with E-state index in [9.17, 15) is 4.79 Å². The molecule has 1 fully saturated rings. The second-order valence-electron chi connectivity index (χ2n) is 5.19. The van der Waals surface area contributed by atoms with E-state index in [4.69, 9.17) is 28.6 Å². The van der Waals surface area contributed by atoms with Gasteiger partial charge in [-0.1, -0.05) is 11.6 Å². The third kappa shape index (κ3) is 3.18. The lowest BCUT2D eigenvalue weighted by Gasteiger charge is -2.23. The molecule has 3 rings (SSSR count). The van der Waals surface area contributed by atoms with Crippen molar-refractivity contribution in [3.63, 3.8) is 0 Å². The summed E-state index contributed by atoms with van der Waals surface area (Å²) in [7, 11) is 0. The van der Waals surface area contributed by atoms with Crippen LogP contribution in [-0.4, -0.2) is 42.4 Å². The van der Waals surface area contributed by atoms with Crippen LogP contribution in [0.4, 0.5) is 0 Å². The molecule has 0 amide bonds. The quantitative estimate of drug-likeness (QED) is 0.813. The van der Waals surface area contributed by atoms with Crippen LogP contribution in [-0.2, 0) is 11.3 Å². The molecule has 1 saturated heterocycles. The Balaban J connectivity index is 1.89. The molecule has 1 aliphatic rings. The maximum Gasteiger partial charge on any atom is 0.262 e. The summed E-state index contributed by atoms with van der Waals surface area (Å²) < 4.78 is 7.42. The van der Waals surface area contributed by atoms with Crippen molar-refractivity contribution in [1.29, 1.82) is 0 Å². The molecule has 2 heterocycles. The lowest BCUT2D eigenvalue weighted by Crippen LogP contribution is -3.14. The molecule has 0 atom stereocenters. The van der Waals surface area contributed by atoms with Crippen LogP contribution in [0.2, 0.25) is 5.02 Å². The summed E-state index contributed by atoms with van der Waals surface area (Å²) in [5, 5.41) is 1.20. The molecule has 2 aromatic rings. The van der Waals surface area contributed by atoms with Crippen molar-refractivity contribution in [1.82, 2.24) is 9.55 Å². The van der Waals surface area contributed by atoms with E-state index >= 15 is 0 Å². The number of nitrogens with one attached hydrogen (secondary N) is 2. The smallest absolute Gasteiger partial charge is 0.262 e.